The van der Waals surface area contributed by atoms with Gasteiger partial charge in [0.2, 0.25) is 0 Å². The maximum atomic E-state index is 13.4. The van der Waals surface area contributed by atoms with Gasteiger partial charge in [-0.05, 0) is 77.9 Å². The van der Waals surface area contributed by atoms with Crippen molar-refractivity contribution in [2.24, 2.45) is 0 Å². The quantitative estimate of drug-likeness (QED) is 0.203. The van der Waals surface area contributed by atoms with Crippen molar-refractivity contribution in [1.82, 2.24) is 0 Å². The lowest BCUT2D eigenvalue weighted by Crippen LogP contribution is -2.19. The Hall–Kier alpha value is -4.31. The van der Waals surface area contributed by atoms with Gasteiger partial charge in [0.1, 0.15) is 11.6 Å². The molecule has 0 aliphatic carbocycles. The average molecular weight is 635 g/mol. The standard InChI is InChI=1S/C26H17F7N2O5S2/c27-19-7-4-16(5-8-19)17-6-13-23(34-41(36,37)21-11-9-20(10-12-21)40-26(31,32)33)24(14-17)35-42(38,39)22-3-1-2-18(15-22)25(28,29)30/h1-15,34-35H. The van der Waals surface area contributed by atoms with Crippen LogP contribution in [0.5, 0.6) is 5.75 Å². The lowest BCUT2D eigenvalue weighted by atomic mass is 10.0. The van der Waals surface area contributed by atoms with Crippen LogP contribution in [0.25, 0.3) is 11.1 Å². The minimum Gasteiger partial charge on any atom is -0.406 e. The first-order valence-corrected chi connectivity index (χ1v) is 14.4. The molecule has 2 N–H and O–H groups in total. The van der Waals surface area contributed by atoms with E-state index in [2.05, 4.69) is 14.2 Å². The van der Waals surface area contributed by atoms with Crippen LogP contribution in [0.4, 0.5) is 42.1 Å². The number of anilines is 2. The first kappa shape index (κ1) is 30.6. The van der Waals surface area contributed by atoms with Gasteiger partial charge < -0.3 is 4.74 Å². The van der Waals surface area contributed by atoms with Crippen LogP contribution in [0.3, 0.4) is 0 Å². The molecule has 0 amide bonds. The second kappa shape index (κ2) is 11.2. The molecule has 4 rings (SSSR count). The van der Waals surface area contributed by atoms with Crippen molar-refractivity contribution in [3.63, 3.8) is 0 Å². The SMILES string of the molecule is O=S(=O)(Nc1ccc(-c2ccc(F)cc2)cc1NS(=O)(=O)c1cccc(C(F)(F)F)c1)c1ccc(OC(F)(F)F)cc1. The number of rotatable bonds is 8. The molecule has 222 valence electrons. The third kappa shape index (κ3) is 7.50. The van der Waals surface area contributed by atoms with Gasteiger partial charge in [-0.3, -0.25) is 9.44 Å². The number of halogens is 7. The average Bonchev–Trinajstić information content (AvgIpc) is 2.89. The van der Waals surface area contributed by atoms with E-state index in [1.54, 1.807) is 0 Å². The van der Waals surface area contributed by atoms with Crippen LogP contribution in [-0.4, -0.2) is 23.2 Å². The lowest BCUT2D eigenvalue weighted by Gasteiger charge is -2.17. The highest BCUT2D eigenvalue weighted by molar-refractivity contribution is 7.93. The molecule has 0 unspecified atom stereocenters. The highest BCUT2D eigenvalue weighted by atomic mass is 32.2. The molecule has 0 fully saturated rings. The highest BCUT2D eigenvalue weighted by Crippen LogP contribution is 2.35. The number of ether oxygens (including phenoxy) is 1. The molecule has 0 saturated carbocycles. The minimum absolute atomic E-state index is 0.272. The fourth-order valence-corrected chi connectivity index (χ4v) is 5.80. The molecule has 4 aromatic carbocycles. The summed E-state index contributed by atoms with van der Waals surface area (Å²) in [5.41, 5.74) is -1.40. The molecule has 0 saturated heterocycles. The topological polar surface area (TPSA) is 102 Å². The third-order valence-electron chi connectivity index (χ3n) is 5.53. The second-order valence-electron chi connectivity index (χ2n) is 8.52. The Morgan fingerprint density at radius 1 is 0.595 bits per heavy atom. The Bertz CT molecular complexity index is 1810. The van der Waals surface area contributed by atoms with Gasteiger partial charge >= 0.3 is 12.5 Å². The van der Waals surface area contributed by atoms with E-state index < -0.39 is 65.2 Å². The molecule has 0 heterocycles. The zero-order valence-electron chi connectivity index (χ0n) is 20.7. The van der Waals surface area contributed by atoms with Crippen LogP contribution in [0, 0.1) is 5.82 Å². The van der Waals surface area contributed by atoms with Crippen molar-refractivity contribution in [1.29, 1.82) is 0 Å². The van der Waals surface area contributed by atoms with Gasteiger partial charge in [0.05, 0.1) is 26.7 Å². The Morgan fingerprint density at radius 3 is 1.76 bits per heavy atom. The van der Waals surface area contributed by atoms with Gasteiger partial charge in [0.15, 0.2) is 0 Å². The largest absolute Gasteiger partial charge is 0.573 e. The van der Waals surface area contributed by atoms with Crippen LogP contribution < -0.4 is 14.2 Å². The molecule has 42 heavy (non-hydrogen) atoms. The van der Waals surface area contributed by atoms with Gasteiger partial charge in [0.25, 0.3) is 20.0 Å². The van der Waals surface area contributed by atoms with E-state index in [1.807, 2.05) is 0 Å². The summed E-state index contributed by atoms with van der Waals surface area (Å²) in [7, 11) is -9.28. The van der Waals surface area contributed by atoms with Crippen molar-refractivity contribution in [2.75, 3.05) is 9.44 Å². The van der Waals surface area contributed by atoms with E-state index in [1.165, 1.54) is 18.2 Å². The maximum absolute atomic E-state index is 13.4. The van der Waals surface area contributed by atoms with Crippen LogP contribution in [0.2, 0.25) is 0 Å². The zero-order chi connectivity index (χ0) is 30.9. The summed E-state index contributed by atoms with van der Waals surface area (Å²) < 4.78 is 150. The number of hydrogen-bond acceptors (Lipinski definition) is 5. The predicted octanol–water partition coefficient (Wildman–Crippen LogP) is 7.01. The summed E-state index contributed by atoms with van der Waals surface area (Å²) in [5.74, 6) is -1.26. The van der Waals surface area contributed by atoms with Gasteiger partial charge in [-0.1, -0.05) is 24.3 Å². The molecule has 0 aliphatic rings. The van der Waals surface area contributed by atoms with E-state index >= 15 is 0 Å². The molecule has 0 aliphatic heterocycles. The monoisotopic (exact) mass is 634 g/mol. The van der Waals surface area contributed by atoms with E-state index in [0.29, 0.717) is 17.7 Å². The van der Waals surface area contributed by atoms with Gasteiger partial charge in [-0.2, -0.15) is 13.2 Å². The van der Waals surface area contributed by atoms with Gasteiger partial charge in [-0.25, -0.2) is 21.2 Å². The Labute approximate surface area is 234 Å². The van der Waals surface area contributed by atoms with E-state index in [0.717, 1.165) is 60.7 Å². The molecule has 0 aromatic heterocycles. The minimum atomic E-state index is -5.02. The number of hydrogen-bond donors (Lipinski definition) is 2. The molecule has 0 spiro atoms. The lowest BCUT2D eigenvalue weighted by molar-refractivity contribution is -0.274. The molecule has 0 atom stereocenters. The predicted molar refractivity (Wildman–Crippen MR) is 138 cm³/mol. The van der Waals surface area contributed by atoms with Crippen molar-refractivity contribution < 1.29 is 52.3 Å². The summed E-state index contributed by atoms with van der Waals surface area (Å²) >= 11 is 0. The van der Waals surface area contributed by atoms with E-state index in [9.17, 15) is 47.6 Å². The fraction of sp³-hybridized carbons (Fsp3) is 0.0769. The Kier molecular flexibility index (Phi) is 8.15. The summed E-state index contributed by atoms with van der Waals surface area (Å²) in [5, 5.41) is 0. The zero-order valence-corrected chi connectivity index (χ0v) is 22.3. The van der Waals surface area contributed by atoms with Crippen LogP contribution in [0.15, 0.2) is 101 Å². The first-order chi connectivity index (χ1) is 19.4. The van der Waals surface area contributed by atoms with Gasteiger partial charge in [0, 0.05) is 0 Å². The fourth-order valence-electron chi connectivity index (χ4n) is 3.61. The molecular formula is C26H17F7N2O5S2. The summed E-state index contributed by atoms with van der Waals surface area (Å²) in [6, 6.07) is 14.5. The summed E-state index contributed by atoms with van der Waals surface area (Å²) in [4.78, 5) is -1.30. The molecule has 0 bridgehead atoms. The maximum Gasteiger partial charge on any atom is 0.573 e. The molecule has 4 aromatic rings. The number of nitrogens with one attached hydrogen (secondary N) is 2. The van der Waals surface area contributed by atoms with E-state index in [-0.39, 0.29) is 11.3 Å². The molecule has 0 radical (unpaired) electrons. The third-order valence-corrected chi connectivity index (χ3v) is 8.27. The number of alkyl halides is 6. The van der Waals surface area contributed by atoms with Crippen molar-refractivity contribution >= 4 is 31.4 Å². The van der Waals surface area contributed by atoms with Crippen LogP contribution >= 0.6 is 0 Å². The smallest absolute Gasteiger partial charge is 0.406 e. The summed E-state index contributed by atoms with van der Waals surface area (Å²) in [6.45, 7) is 0. The molecular weight excluding hydrogens is 617 g/mol. The van der Waals surface area contributed by atoms with Crippen LogP contribution in [-0.2, 0) is 26.2 Å². The Balaban J connectivity index is 1.74. The first-order valence-electron chi connectivity index (χ1n) is 11.4. The van der Waals surface area contributed by atoms with Crippen molar-refractivity contribution in [3.05, 3.63) is 102 Å². The van der Waals surface area contributed by atoms with Crippen molar-refractivity contribution in [2.45, 2.75) is 22.3 Å². The normalized spacial score (nSPS) is 12.5. The molecule has 7 nitrogen and oxygen atoms in total. The second-order valence-corrected chi connectivity index (χ2v) is 11.9. The van der Waals surface area contributed by atoms with Crippen LogP contribution in [0.1, 0.15) is 5.56 Å². The molecule has 16 heteroatoms. The number of benzene rings is 4. The van der Waals surface area contributed by atoms with Crippen molar-refractivity contribution in [3.8, 4) is 16.9 Å². The number of sulfonamides is 2. The van der Waals surface area contributed by atoms with Gasteiger partial charge in [-0.15, -0.1) is 13.2 Å². The highest BCUT2D eigenvalue weighted by Gasteiger charge is 2.32. The Morgan fingerprint density at radius 2 is 1.17 bits per heavy atom. The summed E-state index contributed by atoms with van der Waals surface area (Å²) in [6.07, 6.45) is -9.87. The van der Waals surface area contributed by atoms with E-state index in [4.69, 9.17) is 0 Å².